The van der Waals surface area contributed by atoms with Gasteiger partial charge < -0.3 is 10.1 Å². The second-order valence-corrected chi connectivity index (χ2v) is 6.58. The van der Waals surface area contributed by atoms with Crippen LogP contribution in [0.5, 0.6) is 0 Å². The van der Waals surface area contributed by atoms with Crippen molar-refractivity contribution in [2.45, 2.75) is 26.7 Å². The predicted molar refractivity (Wildman–Crippen MR) is 98.4 cm³/mol. The molecule has 0 unspecified atom stereocenters. The maximum atomic E-state index is 12.2. The molecule has 0 saturated carbocycles. The van der Waals surface area contributed by atoms with Gasteiger partial charge in [-0.15, -0.1) is 0 Å². The van der Waals surface area contributed by atoms with Crippen molar-refractivity contribution in [2.75, 3.05) is 11.9 Å². The molecule has 2 rings (SSSR count). The summed E-state index contributed by atoms with van der Waals surface area (Å²) in [6.45, 7) is 5.53. The smallest absolute Gasteiger partial charge is 0.359 e. The number of para-hydroxylation sites is 1. The minimum absolute atomic E-state index is 0.107. The lowest BCUT2D eigenvalue weighted by Gasteiger charge is -2.16. The van der Waals surface area contributed by atoms with Gasteiger partial charge in [0.25, 0.3) is 5.91 Å². The quantitative estimate of drug-likeness (QED) is 0.606. The molecule has 1 aromatic carbocycles. The highest BCUT2D eigenvalue weighted by Gasteiger charge is 2.17. The first-order valence-corrected chi connectivity index (χ1v) is 8.43. The van der Waals surface area contributed by atoms with Gasteiger partial charge in [0.1, 0.15) is 5.15 Å². The molecule has 132 valence electrons. The highest BCUT2D eigenvalue weighted by Crippen LogP contribution is 2.27. The number of hydrogen-bond donors (Lipinski definition) is 1. The van der Waals surface area contributed by atoms with Crippen molar-refractivity contribution >= 4 is 40.8 Å². The third-order valence-corrected chi connectivity index (χ3v) is 4.05. The Balaban J connectivity index is 2.04. The van der Waals surface area contributed by atoms with E-state index in [0.717, 1.165) is 16.8 Å². The molecule has 0 atom stereocenters. The maximum Gasteiger partial charge on any atom is 0.359 e. The predicted octanol–water partition coefficient (Wildman–Crippen LogP) is 4.62. The summed E-state index contributed by atoms with van der Waals surface area (Å²) in [5.74, 6) is -1.01. The highest BCUT2D eigenvalue weighted by atomic mass is 35.5. The van der Waals surface area contributed by atoms with E-state index < -0.39 is 18.5 Å². The third-order valence-electron chi connectivity index (χ3n) is 3.53. The van der Waals surface area contributed by atoms with Crippen molar-refractivity contribution in [1.29, 1.82) is 0 Å². The van der Waals surface area contributed by atoms with Crippen molar-refractivity contribution in [2.24, 2.45) is 0 Å². The number of amides is 1. The number of aryl methyl sites for hydroxylation is 1. The minimum atomic E-state index is -0.809. The van der Waals surface area contributed by atoms with E-state index in [1.54, 1.807) is 0 Å². The van der Waals surface area contributed by atoms with Gasteiger partial charge in [0.2, 0.25) is 0 Å². The number of halogens is 2. The van der Waals surface area contributed by atoms with E-state index in [1.807, 2.05) is 39.0 Å². The second kappa shape index (κ2) is 8.32. The third kappa shape index (κ3) is 4.94. The van der Waals surface area contributed by atoms with Crippen LogP contribution in [-0.4, -0.2) is 23.5 Å². The molecule has 0 aliphatic heterocycles. The fraction of sp³-hybridized carbons (Fsp3) is 0.278. The van der Waals surface area contributed by atoms with E-state index in [1.165, 1.54) is 12.1 Å². The number of pyridine rings is 1. The first-order valence-electron chi connectivity index (χ1n) is 7.68. The zero-order valence-electron chi connectivity index (χ0n) is 14.1. The normalized spacial score (nSPS) is 10.6. The molecule has 25 heavy (non-hydrogen) atoms. The molecule has 0 aliphatic rings. The minimum Gasteiger partial charge on any atom is -0.451 e. The highest BCUT2D eigenvalue weighted by molar-refractivity contribution is 6.34. The van der Waals surface area contributed by atoms with Crippen LogP contribution in [0.3, 0.4) is 0 Å². The number of nitrogens with zero attached hydrogens (tertiary/aromatic N) is 1. The number of hydrogen-bond acceptors (Lipinski definition) is 4. The van der Waals surface area contributed by atoms with Gasteiger partial charge in [-0.05, 0) is 36.1 Å². The average molecular weight is 381 g/mol. The Bertz CT molecular complexity index is 807. The van der Waals surface area contributed by atoms with Crippen LogP contribution in [0, 0.1) is 6.92 Å². The molecule has 1 N–H and O–H groups in total. The summed E-state index contributed by atoms with van der Waals surface area (Å²) >= 11 is 11.6. The summed E-state index contributed by atoms with van der Waals surface area (Å²) in [5, 5.41) is 3.02. The largest absolute Gasteiger partial charge is 0.451 e. The Morgan fingerprint density at radius 3 is 2.60 bits per heavy atom. The number of benzene rings is 1. The molecule has 1 heterocycles. The number of ether oxygens (including phenoxy) is 1. The number of carbonyl (C=O) groups is 2. The van der Waals surface area contributed by atoms with E-state index in [9.17, 15) is 9.59 Å². The zero-order chi connectivity index (χ0) is 18.6. The maximum absolute atomic E-state index is 12.2. The molecule has 0 saturated heterocycles. The molecular weight excluding hydrogens is 363 g/mol. The van der Waals surface area contributed by atoms with Crippen molar-refractivity contribution in [3.05, 3.63) is 57.3 Å². The fourth-order valence-corrected chi connectivity index (χ4v) is 2.61. The standard InChI is InChI=1S/C18H18Cl2N2O3/c1-10(2)12-6-4-5-11(3)16(12)22-15(23)9-25-18(24)17-13(19)7-8-14(20)21-17/h4-8,10H,9H2,1-3H3,(H,22,23). The molecule has 2 aromatic rings. The lowest BCUT2D eigenvalue weighted by Crippen LogP contribution is -2.22. The molecule has 0 bridgehead atoms. The summed E-state index contributed by atoms with van der Waals surface area (Å²) in [4.78, 5) is 28.0. The Morgan fingerprint density at radius 2 is 1.92 bits per heavy atom. The van der Waals surface area contributed by atoms with Gasteiger partial charge in [0.15, 0.2) is 12.3 Å². The first-order chi connectivity index (χ1) is 11.8. The average Bonchev–Trinajstić information content (AvgIpc) is 2.56. The Labute approximate surface area is 156 Å². The second-order valence-electron chi connectivity index (χ2n) is 5.78. The molecule has 7 heteroatoms. The number of rotatable bonds is 5. The Hall–Kier alpha value is -2.11. The summed E-state index contributed by atoms with van der Waals surface area (Å²) < 4.78 is 4.98. The van der Waals surface area contributed by atoms with Crippen LogP contribution in [0.15, 0.2) is 30.3 Å². The lowest BCUT2D eigenvalue weighted by molar-refractivity contribution is -0.119. The van der Waals surface area contributed by atoms with E-state index in [-0.39, 0.29) is 21.8 Å². The van der Waals surface area contributed by atoms with Gasteiger partial charge in [0, 0.05) is 5.69 Å². The van der Waals surface area contributed by atoms with Crippen LogP contribution in [0.25, 0.3) is 0 Å². The van der Waals surface area contributed by atoms with Crippen LogP contribution in [0.2, 0.25) is 10.2 Å². The number of aromatic nitrogens is 1. The van der Waals surface area contributed by atoms with Gasteiger partial charge in [0.05, 0.1) is 5.02 Å². The molecule has 0 spiro atoms. The monoisotopic (exact) mass is 380 g/mol. The molecule has 1 amide bonds. The number of carbonyl (C=O) groups excluding carboxylic acids is 2. The van der Waals surface area contributed by atoms with E-state index >= 15 is 0 Å². The number of esters is 1. The Kier molecular flexibility index (Phi) is 6.39. The molecule has 1 aromatic heterocycles. The first kappa shape index (κ1) is 19.2. The van der Waals surface area contributed by atoms with Gasteiger partial charge >= 0.3 is 5.97 Å². The van der Waals surface area contributed by atoms with Crippen LogP contribution in [-0.2, 0) is 9.53 Å². The van der Waals surface area contributed by atoms with E-state index in [2.05, 4.69) is 10.3 Å². The van der Waals surface area contributed by atoms with Gasteiger partial charge in [-0.25, -0.2) is 9.78 Å². The van der Waals surface area contributed by atoms with Crippen LogP contribution in [0.1, 0.15) is 41.4 Å². The van der Waals surface area contributed by atoms with E-state index in [0.29, 0.717) is 0 Å². The number of anilines is 1. The summed E-state index contributed by atoms with van der Waals surface area (Å²) in [6, 6.07) is 8.69. The van der Waals surface area contributed by atoms with Crippen molar-refractivity contribution in [1.82, 2.24) is 4.98 Å². The van der Waals surface area contributed by atoms with Gasteiger partial charge in [-0.3, -0.25) is 4.79 Å². The van der Waals surface area contributed by atoms with Gasteiger partial charge in [-0.1, -0.05) is 55.2 Å². The molecule has 0 aliphatic carbocycles. The molecule has 0 fully saturated rings. The zero-order valence-corrected chi connectivity index (χ0v) is 15.6. The molecular formula is C18H18Cl2N2O3. The number of nitrogens with one attached hydrogen (secondary N) is 1. The summed E-state index contributed by atoms with van der Waals surface area (Å²) in [5.41, 5.74) is 2.56. The van der Waals surface area contributed by atoms with Crippen molar-refractivity contribution in [3.8, 4) is 0 Å². The fourth-order valence-electron chi connectivity index (χ4n) is 2.28. The molecule has 5 nitrogen and oxygen atoms in total. The van der Waals surface area contributed by atoms with Crippen LogP contribution >= 0.6 is 23.2 Å². The summed E-state index contributed by atoms with van der Waals surface area (Å²) in [6.07, 6.45) is 0. The van der Waals surface area contributed by atoms with E-state index in [4.69, 9.17) is 27.9 Å². The SMILES string of the molecule is Cc1cccc(C(C)C)c1NC(=O)COC(=O)c1nc(Cl)ccc1Cl. The molecule has 0 radical (unpaired) electrons. The van der Waals surface area contributed by atoms with Crippen LogP contribution in [0.4, 0.5) is 5.69 Å². The lowest BCUT2D eigenvalue weighted by atomic mass is 9.98. The Morgan fingerprint density at radius 1 is 1.20 bits per heavy atom. The topological polar surface area (TPSA) is 68.3 Å². The summed E-state index contributed by atoms with van der Waals surface area (Å²) in [7, 11) is 0. The van der Waals surface area contributed by atoms with Crippen LogP contribution < -0.4 is 5.32 Å². The van der Waals surface area contributed by atoms with Gasteiger partial charge in [-0.2, -0.15) is 0 Å². The van der Waals surface area contributed by atoms with Crippen molar-refractivity contribution in [3.63, 3.8) is 0 Å². The van der Waals surface area contributed by atoms with Crippen molar-refractivity contribution < 1.29 is 14.3 Å².